The molecule has 1 aliphatic heterocycles. The lowest BCUT2D eigenvalue weighted by atomic mass is 10.1. The van der Waals surface area contributed by atoms with E-state index in [-0.39, 0.29) is 5.56 Å². The van der Waals surface area contributed by atoms with E-state index in [1.54, 1.807) is 12.4 Å². The molecule has 7 nitrogen and oxygen atoms in total. The van der Waals surface area contributed by atoms with Crippen LogP contribution in [-0.2, 0) is 11.2 Å². The fourth-order valence-electron chi connectivity index (χ4n) is 3.87. The maximum atomic E-state index is 12.5. The fraction of sp³-hybridized carbons (Fsp3) is 0.261. The predicted octanol–water partition coefficient (Wildman–Crippen LogP) is 2.85. The van der Waals surface area contributed by atoms with Crippen LogP contribution in [0.1, 0.15) is 5.56 Å². The van der Waals surface area contributed by atoms with E-state index in [2.05, 4.69) is 43.3 Å². The maximum Gasteiger partial charge on any atom is 0.273 e. The number of nitrogens with one attached hydrogen (secondary N) is 2. The molecule has 7 heteroatoms. The minimum absolute atomic E-state index is 0.216. The lowest BCUT2D eigenvalue weighted by molar-refractivity contribution is 0.0384. The number of rotatable bonds is 5. The lowest BCUT2D eigenvalue weighted by Crippen LogP contribution is -2.37. The van der Waals surface area contributed by atoms with Crippen molar-refractivity contribution in [3.05, 3.63) is 70.8 Å². The van der Waals surface area contributed by atoms with Gasteiger partial charge in [0.05, 0.1) is 30.2 Å². The number of hydrogen-bond donors (Lipinski definition) is 2. The highest BCUT2D eigenvalue weighted by Crippen LogP contribution is 2.25. The highest BCUT2D eigenvalue weighted by atomic mass is 16.5. The van der Waals surface area contributed by atoms with E-state index in [1.165, 1.54) is 5.56 Å². The van der Waals surface area contributed by atoms with Crippen LogP contribution in [0, 0.1) is 0 Å². The van der Waals surface area contributed by atoms with Crippen LogP contribution in [0.5, 0.6) is 0 Å². The van der Waals surface area contributed by atoms with Gasteiger partial charge in [-0.1, -0.05) is 6.07 Å². The zero-order valence-corrected chi connectivity index (χ0v) is 16.6. The SMILES string of the molecule is O=c1[nH]nc(-c2ccncc2)cc1-c1cc2cc(CCN3CCOCC3)ccc2[nH]1. The Labute approximate surface area is 173 Å². The van der Waals surface area contributed by atoms with Gasteiger partial charge in [-0.15, -0.1) is 0 Å². The normalized spacial score (nSPS) is 14.9. The van der Waals surface area contributed by atoms with Gasteiger partial charge in [-0.05, 0) is 48.4 Å². The molecule has 0 unspecified atom stereocenters. The molecular weight excluding hydrogens is 378 g/mol. The van der Waals surface area contributed by atoms with Crippen LogP contribution in [0.25, 0.3) is 33.4 Å². The van der Waals surface area contributed by atoms with Crippen molar-refractivity contribution in [2.75, 3.05) is 32.8 Å². The number of aromatic amines is 2. The molecule has 3 aromatic heterocycles. The van der Waals surface area contributed by atoms with Crippen LogP contribution < -0.4 is 5.56 Å². The summed E-state index contributed by atoms with van der Waals surface area (Å²) in [4.78, 5) is 22.3. The summed E-state index contributed by atoms with van der Waals surface area (Å²) in [6.07, 6.45) is 4.42. The van der Waals surface area contributed by atoms with Crippen molar-refractivity contribution in [3.8, 4) is 22.5 Å². The van der Waals surface area contributed by atoms with Gasteiger partial charge in [0.25, 0.3) is 5.56 Å². The largest absolute Gasteiger partial charge is 0.379 e. The van der Waals surface area contributed by atoms with E-state index in [1.807, 2.05) is 24.3 Å². The first-order valence-corrected chi connectivity index (χ1v) is 10.2. The van der Waals surface area contributed by atoms with Crippen molar-refractivity contribution < 1.29 is 4.74 Å². The van der Waals surface area contributed by atoms with Crippen LogP contribution in [-0.4, -0.2) is 57.9 Å². The van der Waals surface area contributed by atoms with E-state index in [4.69, 9.17) is 4.74 Å². The van der Waals surface area contributed by atoms with Crippen molar-refractivity contribution in [2.24, 2.45) is 0 Å². The summed E-state index contributed by atoms with van der Waals surface area (Å²) in [6.45, 7) is 4.68. The number of ether oxygens (including phenoxy) is 1. The smallest absolute Gasteiger partial charge is 0.273 e. The van der Waals surface area contributed by atoms with Crippen LogP contribution in [0.3, 0.4) is 0 Å². The second kappa shape index (κ2) is 8.22. The van der Waals surface area contributed by atoms with Crippen LogP contribution in [0.15, 0.2) is 59.7 Å². The summed E-state index contributed by atoms with van der Waals surface area (Å²) < 4.78 is 5.42. The first-order chi connectivity index (χ1) is 14.8. The molecular formula is C23H23N5O2. The Morgan fingerprint density at radius 1 is 1.03 bits per heavy atom. The Hall–Kier alpha value is -3.29. The van der Waals surface area contributed by atoms with E-state index < -0.39 is 0 Å². The Morgan fingerprint density at radius 3 is 2.70 bits per heavy atom. The minimum Gasteiger partial charge on any atom is -0.379 e. The van der Waals surface area contributed by atoms with Crippen molar-refractivity contribution in [1.82, 2.24) is 25.1 Å². The average molecular weight is 401 g/mol. The third-order valence-corrected chi connectivity index (χ3v) is 5.58. The zero-order valence-electron chi connectivity index (χ0n) is 16.6. The molecule has 1 saturated heterocycles. The molecule has 0 radical (unpaired) electrons. The minimum atomic E-state index is -0.216. The van der Waals surface area contributed by atoms with Gasteiger partial charge in [0.1, 0.15) is 0 Å². The van der Waals surface area contributed by atoms with Crippen LogP contribution in [0.2, 0.25) is 0 Å². The molecule has 1 aliphatic rings. The molecule has 0 bridgehead atoms. The van der Waals surface area contributed by atoms with E-state index in [9.17, 15) is 4.79 Å². The molecule has 0 spiro atoms. The zero-order chi connectivity index (χ0) is 20.3. The average Bonchev–Trinajstić information content (AvgIpc) is 3.22. The van der Waals surface area contributed by atoms with E-state index in [0.29, 0.717) is 11.3 Å². The summed E-state index contributed by atoms with van der Waals surface area (Å²) in [6, 6.07) is 14.0. The van der Waals surface area contributed by atoms with Gasteiger partial charge in [0.2, 0.25) is 0 Å². The monoisotopic (exact) mass is 401 g/mol. The maximum absolute atomic E-state index is 12.5. The standard InChI is InChI=1S/C23H23N5O2/c29-23-19(15-21(26-27-23)17-3-6-24-7-4-17)22-14-18-13-16(1-2-20(18)25-22)5-8-28-9-11-30-12-10-28/h1-4,6-7,13-15,25H,5,8-12H2,(H,27,29). The molecule has 1 aromatic carbocycles. The molecule has 5 rings (SSSR count). The number of nitrogens with zero attached hydrogens (tertiary/aromatic N) is 3. The van der Waals surface area contributed by atoms with Gasteiger partial charge in [-0.3, -0.25) is 14.7 Å². The van der Waals surface area contributed by atoms with Crippen molar-refractivity contribution in [3.63, 3.8) is 0 Å². The number of morpholine rings is 1. The molecule has 0 amide bonds. The number of pyridine rings is 1. The summed E-state index contributed by atoms with van der Waals surface area (Å²) in [5.41, 5.74) is 5.06. The number of fused-ring (bicyclic) bond motifs is 1. The number of aromatic nitrogens is 4. The highest BCUT2D eigenvalue weighted by Gasteiger charge is 2.12. The Bertz CT molecular complexity index is 1210. The van der Waals surface area contributed by atoms with Gasteiger partial charge >= 0.3 is 0 Å². The highest BCUT2D eigenvalue weighted by molar-refractivity contribution is 5.86. The quantitative estimate of drug-likeness (QED) is 0.537. The molecule has 4 heterocycles. The van der Waals surface area contributed by atoms with Gasteiger partial charge in [-0.2, -0.15) is 5.10 Å². The summed E-state index contributed by atoms with van der Waals surface area (Å²) >= 11 is 0. The molecule has 0 saturated carbocycles. The third kappa shape index (κ3) is 3.90. The first-order valence-electron chi connectivity index (χ1n) is 10.2. The van der Waals surface area contributed by atoms with Crippen molar-refractivity contribution in [1.29, 1.82) is 0 Å². The van der Waals surface area contributed by atoms with Gasteiger partial charge < -0.3 is 9.72 Å². The van der Waals surface area contributed by atoms with Crippen molar-refractivity contribution in [2.45, 2.75) is 6.42 Å². The van der Waals surface area contributed by atoms with Crippen LogP contribution >= 0.6 is 0 Å². The van der Waals surface area contributed by atoms with Gasteiger partial charge in [-0.25, -0.2) is 5.10 Å². The molecule has 0 aliphatic carbocycles. The van der Waals surface area contributed by atoms with Gasteiger partial charge in [0.15, 0.2) is 0 Å². The second-order valence-corrected chi connectivity index (χ2v) is 7.54. The Kier molecular flexibility index (Phi) is 5.13. The van der Waals surface area contributed by atoms with E-state index in [0.717, 1.165) is 61.4 Å². The fourth-order valence-corrected chi connectivity index (χ4v) is 3.87. The number of H-pyrrole nitrogens is 2. The Balaban J connectivity index is 1.42. The molecule has 0 atom stereocenters. The summed E-state index contributed by atoms with van der Waals surface area (Å²) in [5.74, 6) is 0. The lowest BCUT2D eigenvalue weighted by Gasteiger charge is -2.26. The number of hydrogen-bond acceptors (Lipinski definition) is 5. The Morgan fingerprint density at radius 2 is 1.87 bits per heavy atom. The first kappa shape index (κ1) is 18.7. The molecule has 152 valence electrons. The summed E-state index contributed by atoms with van der Waals surface area (Å²) in [7, 11) is 0. The number of benzene rings is 1. The molecule has 2 N–H and O–H groups in total. The van der Waals surface area contributed by atoms with Crippen LogP contribution in [0.4, 0.5) is 0 Å². The predicted molar refractivity (Wildman–Crippen MR) is 116 cm³/mol. The topological polar surface area (TPSA) is 86.9 Å². The molecule has 4 aromatic rings. The summed E-state index contributed by atoms with van der Waals surface area (Å²) in [5, 5.41) is 7.90. The second-order valence-electron chi connectivity index (χ2n) is 7.54. The molecule has 30 heavy (non-hydrogen) atoms. The third-order valence-electron chi connectivity index (χ3n) is 5.58. The van der Waals surface area contributed by atoms with Gasteiger partial charge in [0, 0.05) is 48.5 Å². The van der Waals surface area contributed by atoms with E-state index >= 15 is 0 Å². The molecule has 1 fully saturated rings. The van der Waals surface area contributed by atoms with Crippen molar-refractivity contribution >= 4 is 10.9 Å².